The summed E-state index contributed by atoms with van der Waals surface area (Å²) in [7, 11) is 4.05. The standard InChI is InChI=1S/C15H27N3/c1-5-6-7-8-10-13(2)17-14-11-9-12-16-15(14)18(3)4/h9,11-13,17H,5-8,10H2,1-4H3. The molecule has 0 saturated heterocycles. The van der Waals surface area contributed by atoms with Crippen molar-refractivity contribution in [1.29, 1.82) is 0 Å². The van der Waals surface area contributed by atoms with Crippen LogP contribution in [0.1, 0.15) is 46.0 Å². The highest BCUT2D eigenvalue weighted by Gasteiger charge is 2.08. The van der Waals surface area contributed by atoms with Crippen LogP contribution in [0.5, 0.6) is 0 Å². The van der Waals surface area contributed by atoms with Gasteiger partial charge in [-0.15, -0.1) is 0 Å². The van der Waals surface area contributed by atoms with Crippen molar-refractivity contribution < 1.29 is 0 Å². The van der Waals surface area contributed by atoms with E-state index in [0.29, 0.717) is 6.04 Å². The van der Waals surface area contributed by atoms with Gasteiger partial charge in [0.1, 0.15) is 0 Å². The second kappa shape index (κ2) is 7.96. The molecule has 0 amide bonds. The Bertz CT molecular complexity index is 336. The van der Waals surface area contributed by atoms with E-state index in [-0.39, 0.29) is 0 Å². The first kappa shape index (κ1) is 14.8. The van der Waals surface area contributed by atoms with Crippen LogP contribution < -0.4 is 10.2 Å². The topological polar surface area (TPSA) is 28.2 Å². The maximum Gasteiger partial charge on any atom is 0.151 e. The molecule has 0 aliphatic heterocycles. The summed E-state index contributed by atoms with van der Waals surface area (Å²) < 4.78 is 0. The molecule has 3 heteroatoms. The van der Waals surface area contributed by atoms with Gasteiger partial charge in [-0.25, -0.2) is 4.98 Å². The minimum Gasteiger partial charge on any atom is -0.380 e. The van der Waals surface area contributed by atoms with Gasteiger partial charge in [-0.3, -0.25) is 0 Å². The third-order valence-corrected chi connectivity index (χ3v) is 3.10. The molecule has 0 aromatic carbocycles. The summed E-state index contributed by atoms with van der Waals surface area (Å²) in [5.74, 6) is 1.01. The van der Waals surface area contributed by atoms with Gasteiger partial charge in [-0.05, 0) is 25.5 Å². The molecule has 1 rings (SSSR count). The van der Waals surface area contributed by atoms with Gasteiger partial charge in [0, 0.05) is 26.3 Å². The van der Waals surface area contributed by atoms with Crippen molar-refractivity contribution in [2.75, 3.05) is 24.3 Å². The number of nitrogens with one attached hydrogen (secondary N) is 1. The summed E-state index contributed by atoms with van der Waals surface area (Å²) in [6, 6.07) is 4.59. The number of pyridine rings is 1. The lowest BCUT2D eigenvalue weighted by Gasteiger charge is -2.20. The zero-order valence-electron chi connectivity index (χ0n) is 12.2. The van der Waals surface area contributed by atoms with E-state index in [4.69, 9.17) is 0 Å². The number of aromatic nitrogens is 1. The lowest BCUT2D eigenvalue weighted by molar-refractivity contribution is 0.594. The average Bonchev–Trinajstić information content (AvgIpc) is 2.35. The molecule has 0 aliphatic carbocycles. The molecule has 1 unspecified atom stereocenters. The molecule has 0 radical (unpaired) electrons. The van der Waals surface area contributed by atoms with Gasteiger partial charge in [0.15, 0.2) is 5.82 Å². The molecule has 102 valence electrons. The summed E-state index contributed by atoms with van der Waals surface area (Å²) in [6.07, 6.45) is 8.36. The van der Waals surface area contributed by atoms with Gasteiger partial charge in [-0.1, -0.05) is 32.6 Å². The van der Waals surface area contributed by atoms with Gasteiger partial charge in [0.05, 0.1) is 5.69 Å². The van der Waals surface area contributed by atoms with Crippen LogP contribution in [0.2, 0.25) is 0 Å². The Morgan fingerprint density at radius 1 is 1.28 bits per heavy atom. The zero-order chi connectivity index (χ0) is 13.4. The van der Waals surface area contributed by atoms with Crippen LogP contribution in [0.15, 0.2) is 18.3 Å². The molecule has 0 spiro atoms. The van der Waals surface area contributed by atoms with E-state index in [1.54, 1.807) is 0 Å². The van der Waals surface area contributed by atoms with Crippen LogP contribution in [0.3, 0.4) is 0 Å². The minimum atomic E-state index is 0.504. The van der Waals surface area contributed by atoms with Crippen LogP contribution in [-0.2, 0) is 0 Å². The Kier molecular flexibility index (Phi) is 6.55. The molecule has 1 aromatic heterocycles. The minimum absolute atomic E-state index is 0.504. The average molecular weight is 249 g/mol. The fourth-order valence-electron chi connectivity index (χ4n) is 2.08. The first-order valence-electron chi connectivity index (χ1n) is 7.04. The van der Waals surface area contributed by atoms with Crippen molar-refractivity contribution in [3.63, 3.8) is 0 Å². The predicted octanol–water partition coefficient (Wildman–Crippen LogP) is 3.92. The molecular weight excluding hydrogens is 222 g/mol. The molecule has 0 bridgehead atoms. The van der Waals surface area contributed by atoms with Crippen LogP contribution in [0, 0.1) is 0 Å². The van der Waals surface area contributed by atoms with Crippen molar-refractivity contribution in [1.82, 2.24) is 4.98 Å². The van der Waals surface area contributed by atoms with E-state index in [2.05, 4.69) is 30.2 Å². The molecule has 18 heavy (non-hydrogen) atoms. The molecule has 1 N–H and O–H groups in total. The Balaban J connectivity index is 2.46. The summed E-state index contributed by atoms with van der Waals surface area (Å²) in [5.41, 5.74) is 1.13. The molecule has 1 atom stereocenters. The first-order chi connectivity index (χ1) is 8.65. The summed E-state index contributed by atoms with van der Waals surface area (Å²) >= 11 is 0. The van der Waals surface area contributed by atoms with Crippen molar-refractivity contribution in [3.8, 4) is 0 Å². The maximum atomic E-state index is 4.40. The van der Waals surface area contributed by atoms with Crippen molar-refractivity contribution >= 4 is 11.5 Å². The van der Waals surface area contributed by atoms with Gasteiger partial charge in [-0.2, -0.15) is 0 Å². The van der Waals surface area contributed by atoms with E-state index in [1.807, 2.05) is 31.3 Å². The predicted molar refractivity (Wildman–Crippen MR) is 80.4 cm³/mol. The molecule has 0 aliphatic rings. The Hall–Kier alpha value is -1.25. The summed E-state index contributed by atoms with van der Waals surface area (Å²) in [4.78, 5) is 6.45. The molecule has 1 heterocycles. The van der Waals surface area contributed by atoms with Gasteiger partial charge >= 0.3 is 0 Å². The van der Waals surface area contributed by atoms with E-state index in [1.165, 1.54) is 32.1 Å². The van der Waals surface area contributed by atoms with Gasteiger partial charge < -0.3 is 10.2 Å². The largest absolute Gasteiger partial charge is 0.380 e. The summed E-state index contributed by atoms with van der Waals surface area (Å²) in [5, 5.41) is 3.56. The highest BCUT2D eigenvalue weighted by Crippen LogP contribution is 2.22. The van der Waals surface area contributed by atoms with Crippen LogP contribution in [-0.4, -0.2) is 25.1 Å². The smallest absolute Gasteiger partial charge is 0.151 e. The van der Waals surface area contributed by atoms with Crippen molar-refractivity contribution in [2.24, 2.45) is 0 Å². The zero-order valence-corrected chi connectivity index (χ0v) is 12.2. The highest BCUT2D eigenvalue weighted by atomic mass is 15.2. The highest BCUT2D eigenvalue weighted by molar-refractivity contribution is 5.64. The molecule has 0 fully saturated rings. The number of hydrogen-bond acceptors (Lipinski definition) is 3. The molecule has 0 saturated carbocycles. The van der Waals surface area contributed by atoms with Crippen LogP contribution in [0.25, 0.3) is 0 Å². The summed E-state index contributed by atoms with van der Waals surface area (Å²) in [6.45, 7) is 4.50. The van der Waals surface area contributed by atoms with E-state index in [9.17, 15) is 0 Å². The van der Waals surface area contributed by atoms with E-state index in [0.717, 1.165) is 11.5 Å². The molecular formula is C15H27N3. The normalized spacial score (nSPS) is 12.2. The second-order valence-electron chi connectivity index (χ2n) is 5.16. The third kappa shape index (κ3) is 4.94. The van der Waals surface area contributed by atoms with Gasteiger partial charge in [0.2, 0.25) is 0 Å². The van der Waals surface area contributed by atoms with Crippen LogP contribution in [0.4, 0.5) is 11.5 Å². The lowest BCUT2D eigenvalue weighted by atomic mass is 10.1. The second-order valence-corrected chi connectivity index (χ2v) is 5.16. The number of unbranched alkanes of at least 4 members (excludes halogenated alkanes) is 3. The van der Waals surface area contributed by atoms with Crippen molar-refractivity contribution in [3.05, 3.63) is 18.3 Å². The molecule has 3 nitrogen and oxygen atoms in total. The monoisotopic (exact) mass is 249 g/mol. The number of nitrogens with zero attached hydrogens (tertiary/aromatic N) is 2. The van der Waals surface area contributed by atoms with Gasteiger partial charge in [0.25, 0.3) is 0 Å². The fraction of sp³-hybridized carbons (Fsp3) is 0.667. The Morgan fingerprint density at radius 2 is 2.06 bits per heavy atom. The Labute approximate surface area is 112 Å². The fourth-order valence-corrected chi connectivity index (χ4v) is 2.08. The van der Waals surface area contributed by atoms with Crippen LogP contribution >= 0.6 is 0 Å². The quantitative estimate of drug-likeness (QED) is 0.708. The first-order valence-corrected chi connectivity index (χ1v) is 7.04. The number of rotatable bonds is 8. The maximum absolute atomic E-state index is 4.40. The van der Waals surface area contributed by atoms with Crippen molar-refractivity contribution in [2.45, 2.75) is 52.0 Å². The lowest BCUT2D eigenvalue weighted by Crippen LogP contribution is -2.19. The van der Waals surface area contributed by atoms with E-state index < -0.39 is 0 Å². The Morgan fingerprint density at radius 3 is 2.72 bits per heavy atom. The number of anilines is 2. The van der Waals surface area contributed by atoms with E-state index >= 15 is 0 Å². The third-order valence-electron chi connectivity index (χ3n) is 3.10. The SMILES string of the molecule is CCCCCCC(C)Nc1cccnc1N(C)C. The molecule has 1 aromatic rings. The number of hydrogen-bond donors (Lipinski definition) is 1.